The molecule has 0 radical (unpaired) electrons. The van der Waals surface area contributed by atoms with E-state index in [1.807, 2.05) is 0 Å². The summed E-state index contributed by atoms with van der Waals surface area (Å²) in [6, 6.07) is 3.35. The third kappa shape index (κ3) is 2.03. The Kier molecular flexibility index (Phi) is 3.06. The molecule has 3 aromatic rings. The van der Waals surface area contributed by atoms with Gasteiger partial charge in [0.15, 0.2) is 0 Å². The first-order valence-corrected chi connectivity index (χ1v) is 6.49. The van der Waals surface area contributed by atoms with E-state index in [1.54, 1.807) is 13.8 Å². The van der Waals surface area contributed by atoms with E-state index in [2.05, 4.69) is 4.98 Å². The van der Waals surface area contributed by atoms with Crippen LogP contribution >= 0.6 is 11.6 Å². The van der Waals surface area contributed by atoms with Gasteiger partial charge >= 0.3 is 0 Å². The van der Waals surface area contributed by atoms with E-state index in [-0.39, 0.29) is 16.5 Å². The summed E-state index contributed by atoms with van der Waals surface area (Å²) < 4.78 is 30.2. The predicted molar refractivity (Wildman–Crippen MR) is 75.2 cm³/mol. The fourth-order valence-electron chi connectivity index (χ4n) is 2.22. The van der Waals surface area contributed by atoms with Crippen LogP contribution in [-0.2, 0) is 0 Å². The van der Waals surface area contributed by atoms with Crippen molar-refractivity contribution >= 4 is 17.4 Å². The van der Waals surface area contributed by atoms with Crippen LogP contribution in [-0.4, -0.2) is 14.0 Å². The number of rotatable bonds is 1. The molecular weight excluding hydrogens is 300 g/mol. The summed E-state index contributed by atoms with van der Waals surface area (Å²) in [5, 5.41) is 0.252. The minimum absolute atomic E-state index is 0.0122. The van der Waals surface area contributed by atoms with E-state index >= 15 is 0 Å². The predicted octanol–water partition coefficient (Wildman–Crippen LogP) is 3.03. The van der Waals surface area contributed by atoms with Crippen LogP contribution in [0.2, 0.25) is 5.02 Å². The van der Waals surface area contributed by atoms with Gasteiger partial charge in [0.2, 0.25) is 11.7 Å². The van der Waals surface area contributed by atoms with E-state index in [9.17, 15) is 13.6 Å². The third-order valence-corrected chi connectivity index (χ3v) is 3.67. The third-order valence-electron chi connectivity index (χ3n) is 3.27. The maximum atomic E-state index is 14.2. The van der Waals surface area contributed by atoms with Gasteiger partial charge in [0.25, 0.3) is 5.56 Å². The fourth-order valence-corrected chi connectivity index (χ4v) is 2.37. The van der Waals surface area contributed by atoms with Crippen molar-refractivity contribution in [3.63, 3.8) is 0 Å². The van der Waals surface area contributed by atoms with Gasteiger partial charge in [-0.15, -0.1) is 0 Å². The van der Waals surface area contributed by atoms with Gasteiger partial charge in [0, 0.05) is 10.7 Å². The van der Waals surface area contributed by atoms with Crippen LogP contribution in [0.3, 0.4) is 0 Å². The molecule has 4 nitrogen and oxygen atoms in total. The van der Waals surface area contributed by atoms with Gasteiger partial charge < -0.3 is 0 Å². The number of hydrogen-bond acceptors (Lipinski definition) is 2. The first kappa shape index (κ1) is 13.8. The maximum Gasteiger partial charge on any atom is 0.262 e. The van der Waals surface area contributed by atoms with Crippen LogP contribution in [0, 0.1) is 25.6 Å². The summed E-state index contributed by atoms with van der Waals surface area (Å²) in [5.41, 5.74) is 0.386. The van der Waals surface area contributed by atoms with Crippen LogP contribution in [0.15, 0.2) is 29.2 Å². The average Bonchev–Trinajstić information content (AvgIpc) is 2.78. The summed E-state index contributed by atoms with van der Waals surface area (Å²) in [7, 11) is 0. The SMILES string of the molecule is Cc1cc(-n2c(=O)cc(F)n3c(C)cnc23)c(F)cc1Cl. The van der Waals surface area contributed by atoms with Gasteiger partial charge in [0.05, 0.1) is 18.0 Å². The molecule has 0 atom stereocenters. The Morgan fingerprint density at radius 1 is 1.19 bits per heavy atom. The van der Waals surface area contributed by atoms with Gasteiger partial charge in [-0.05, 0) is 31.5 Å². The summed E-state index contributed by atoms with van der Waals surface area (Å²) in [4.78, 5) is 16.1. The van der Waals surface area contributed by atoms with E-state index in [0.29, 0.717) is 11.3 Å². The molecule has 3 rings (SSSR count). The molecule has 1 aromatic carbocycles. The number of benzene rings is 1. The monoisotopic (exact) mass is 309 g/mol. The second kappa shape index (κ2) is 4.66. The fraction of sp³-hybridized carbons (Fsp3) is 0.143. The Morgan fingerprint density at radius 3 is 2.62 bits per heavy atom. The van der Waals surface area contributed by atoms with E-state index < -0.39 is 17.3 Å². The number of aryl methyl sites for hydroxylation is 2. The molecule has 0 aliphatic heterocycles. The zero-order valence-corrected chi connectivity index (χ0v) is 11.9. The number of halogens is 3. The molecule has 7 heteroatoms. The molecule has 0 bridgehead atoms. The van der Waals surface area contributed by atoms with Crippen LogP contribution in [0.25, 0.3) is 11.5 Å². The van der Waals surface area contributed by atoms with Crippen molar-refractivity contribution in [1.29, 1.82) is 0 Å². The molecule has 0 fully saturated rings. The Morgan fingerprint density at radius 2 is 1.90 bits per heavy atom. The van der Waals surface area contributed by atoms with E-state index in [1.165, 1.54) is 12.3 Å². The molecule has 21 heavy (non-hydrogen) atoms. The minimum atomic E-state index is -0.743. The maximum absolute atomic E-state index is 14.2. The first-order chi connectivity index (χ1) is 9.90. The molecule has 0 saturated heterocycles. The summed E-state index contributed by atoms with van der Waals surface area (Å²) in [6.07, 6.45) is 1.41. The van der Waals surface area contributed by atoms with Crippen molar-refractivity contribution in [2.75, 3.05) is 0 Å². The molecule has 0 unspecified atom stereocenters. The van der Waals surface area contributed by atoms with Crippen LogP contribution < -0.4 is 5.56 Å². The van der Waals surface area contributed by atoms with Crippen molar-refractivity contribution < 1.29 is 8.78 Å². The van der Waals surface area contributed by atoms with Crippen molar-refractivity contribution in [2.45, 2.75) is 13.8 Å². The second-order valence-electron chi connectivity index (χ2n) is 4.73. The Balaban J connectivity index is 2.46. The smallest absolute Gasteiger partial charge is 0.262 e. The Hall–Kier alpha value is -2.21. The number of aromatic nitrogens is 3. The van der Waals surface area contributed by atoms with Gasteiger partial charge in [-0.3, -0.25) is 9.20 Å². The zero-order valence-electron chi connectivity index (χ0n) is 11.2. The second-order valence-corrected chi connectivity index (χ2v) is 5.14. The highest BCUT2D eigenvalue weighted by molar-refractivity contribution is 6.31. The Bertz CT molecular complexity index is 930. The number of imidazole rings is 1. The van der Waals surface area contributed by atoms with Gasteiger partial charge in [-0.2, -0.15) is 4.39 Å². The lowest BCUT2D eigenvalue weighted by Gasteiger charge is -2.11. The lowest BCUT2D eigenvalue weighted by atomic mass is 10.2. The van der Waals surface area contributed by atoms with Crippen molar-refractivity contribution in [1.82, 2.24) is 14.0 Å². The van der Waals surface area contributed by atoms with Gasteiger partial charge in [0.1, 0.15) is 5.82 Å². The summed E-state index contributed by atoms with van der Waals surface area (Å²) in [5.74, 6) is -1.41. The van der Waals surface area contributed by atoms with Crippen LogP contribution in [0.4, 0.5) is 8.78 Å². The van der Waals surface area contributed by atoms with Crippen molar-refractivity contribution in [3.05, 3.63) is 62.8 Å². The normalized spacial score (nSPS) is 11.3. The summed E-state index contributed by atoms with van der Waals surface area (Å²) >= 11 is 5.85. The topological polar surface area (TPSA) is 39.3 Å². The van der Waals surface area contributed by atoms with Crippen molar-refractivity contribution in [3.8, 4) is 5.69 Å². The van der Waals surface area contributed by atoms with Crippen LogP contribution in [0.1, 0.15) is 11.3 Å². The largest absolute Gasteiger partial charge is 0.269 e. The van der Waals surface area contributed by atoms with Gasteiger partial charge in [-0.1, -0.05) is 11.6 Å². The molecule has 0 amide bonds. The lowest BCUT2D eigenvalue weighted by molar-refractivity contribution is 0.551. The van der Waals surface area contributed by atoms with E-state index in [0.717, 1.165) is 21.1 Å². The Labute approximate surface area is 123 Å². The minimum Gasteiger partial charge on any atom is -0.269 e. The highest BCUT2D eigenvalue weighted by Crippen LogP contribution is 2.23. The molecule has 0 spiro atoms. The standard InChI is InChI=1S/C14H10ClF2N3O/c1-7-3-11(10(16)4-9(7)15)20-13(21)5-12(17)19-8(2)6-18-14(19)20/h3-6H,1-2H3. The number of hydrogen-bond donors (Lipinski definition) is 0. The van der Waals surface area contributed by atoms with Crippen molar-refractivity contribution in [2.24, 2.45) is 0 Å². The molecule has 2 heterocycles. The quantitative estimate of drug-likeness (QED) is 0.648. The summed E-state index contributed by atoms with van der Waals surface area (Å²) in [6.45, 7) is 3.33. The number of nitrogens with zero attached hydrogens (tertiary/aromatic N) is 3. The molecule has 0 aliphatic carbocycles. The molecule has 108 valence electrons. The molecule has 0 N–H and O–H groups in total. The molecule has 0 saturated carbocycles. The molecule has 2 aromatic heterocycles. The number of fused-ring (bicyclic) bond motifs is 1. The van der Waals surface area contributed by atoms with Gasteiger partial charge in [-0.25, -0.2) is 13.9 Å². The highest BCUT2D eigenvalue weighted by Gasteiger charge is 2.17. The highest BCUT2D eigenvalue weighted by atomic mass is 35.5. The first-order valence-electron chi connectivity index (χ1n) is 6.12. The molecule has 0 aliphatic rings. The average molecular weight is 310 g/mol. The molecular formula is C14H10ClF2N3O. The zero-order chi connectivity index (χ0) is 15.3. The lowest BCUT2D eigenvalue weighted by Crippen LogP contribution is -2.23. The van der Waals surface area contributed by atoms with E-state index in [4.69, 9.17) is 11.6 Å². The van der Waals surface area contributed by atoms with Crippen LogP contribution in [0.5, 0.6) is 0 Å².